The van der Waals surface area contributed by atoms with Crippen LogP contribution in [0.5, 0.6) is 5.75 Å². The fourth-order valence-corrected chi connectivity index (χ4v) is 2.70. The van der Waals surface area contributed by atoms with Crippen LogP contribution < -0.4 is 10.1 Å². The number of fused-ring (bicyclic) bond motifs is 1. The van der Waals surface area contributed by atoms with Crippen molar-refractivity contribution in [1.29, 1.82) is 0 Å². The first-order valence-corrected chi connectivity index (χ1v) is 7.35. The molecule has 0 spiro atoms. The predicted octanol–water partition coefficient (Wildman–Crippen LogP) is 2.39. The van der Waals surface area contributed by atoms with Crippen molar-refractivity contribution in [2.24, 2.45) is 5.92 Å². The molecular weight excluding hydrogens is 310 g/mol. The maximum atomic E-state index is 12.7. The molecule has 0 aliphatic carbocycles. The number of carboxylic acids is 1. The number of Topliss-reactive ketones (excluding diaryl/α,β-unsaturated/α-hetero) is 1. The van der Waals surface area contributed by atoms with Crippen LogP contribution in [-0.4, -0.2) is 29.9 Å². The number of carbonyl (C=O) groups excluding carboxylic acids is 2. The van der Waals surface area contributed by atoms with Crippen LogP contribution in [0.25, 0.3) is 0 Å². The van der Waals surface area contributed by atoms with Crippen molar-refractivity contribution in [3.05, 3.63) is 59.2 Å². The van der Waals surface area contributed by atoms with Gasteiger partial charge in [-0.15, -0.1) is 0 Å². The summed E-state index contributed by atoms with van der Waals surface area (Å²) in [7, 11) is 1.56. The van der Waals surface area contributed by atoms with Gasteiger partial charge in [0.25, 0.3) is 0 Å². The molecule has 0 fully saturated rings. The Bertz CT molecular complexity index is 826. The Morgan fingerprint density at radius 2 is 1.88 bits per heavy atom. The summed E-state index contributed by atoms with van der Waals surface area (Å²) >= 11 is 0. The lowest BCUT2D eigenvalue weighted by Crippen LogP contribution is -2.36. The van der Waals surface area contributed by atoms with Crippen molar-refractivity contribution in [2.75, 3.05) is 12.4 Å². The van der Waals surface area contributed by atoms with Crippen LogP contribution in [0.3, 0.4) is 0 Å². The van der Waals surface area contributed by atoms with E-state index in [1.54, 1.807) is 31.4 Å². The lowest BCUT2D eigenvalue weighted by molar-refractivity contribution is -0.118. The molecule has 0 radical (unpaired) electrons. The van der Waals surface area contributed by atoms with Crippen molar-refractivity contribution < 1.29 is 24.2 Å². The summed E-state index contributed by atoms with van der Waals surface area (Å²) in [5.74, 6) is -2.06. The zero-order valence-electron chi connectivity index (χ0n) is 12.9. The van der Waals surface area contributed by atoms with Crippen LogP contribution in [0.15, 0.2) is 42.5 Å². The van der Waals surface area contributed by atoms with E-state index in [1.165, 1.54) is 18.2 Å². The minimum atomic E-state index is -1.12. The molecule has 1 amide bonds. The minimum Gasteiger partial charge on any atom is -0.497 e. The van der Waals surface area contributed by atoms with Crippen molar-refractivity contribution >= 4 is 23.3 Å². The van der Waals surface area contributed by atoms with Crippen LogP contribution in [0.1, 0.15) is 26.3 Å². The van der Waals surface area contributed by atoms with Crippen LogP contribution in [0.2, 0.25) is 0 Å². The van der Waals surface area contributed by atoms with Gasteiger partial charge in [-0.05, 0) is 42.3 Å². The highest BCUT2D eigenvalue weighted by molar-refractivity contribution is 6.21. The van der Waals surface area contributed by atoms with Crippen molar-refractivity contribution in [2.45, 2.75) is 6.42 Å². The Morgan fingerprint density at radius 3 is 2.50 bits per heavy atom. The Labute approximate surface area is 138 Å². The molecule has 1 aliphatic heterocycles. The highest BCUT2D eigenvalue weighted by Crippen LogP contribution is 2.29. The summed E-state index contributed by atoms with van der Waals surface area (Å²) in [4.78, 5) is 36.0. The number of ether oxygens (including phenoxy) is 1. The largest absolute Gasteiger partial charge is 0.497 e. The van der Waals surface area contributed by atoms with Crippen molar-refractivity contribution in [3.63, 3.8) is 0 Å². The van der Waals surface area contributed by atoms with E-state index in [0.717, 1.165) is 5.56 Å². The molecular formula is C18H15NO5. The number of benzene rings is 2. The van der Waals surface area contributed by atoms with Gasteiger partial charge in [0.1, 0.15) is 11.7 Å². The lowest BCUT2D eigenvalue weighted by Gasteiger charge is -2.23. The first-order valence-electron chi connectivity index (χ1n) is 7.35. The monoisotopic (exact) mass is 325 g/mol. The number of aromatic carboxylic acids is 1. The third-order valence-electron chi connectivity index (χ3n) is 4.02. The number of rotatable bonds is 4. The second-order valence-corrected chi connectivity index (χ2v) is 5.52. The summed E-state index contributed by atoms with van der Waals surface area (Å²) in [5, 5.41) is 11.7. The van der Waals surface area contributed by atoms with Gasteiger partial charge in [0.2, 0.25) is 5.91 Å². The summed E-state index contributed by atoms with van der Waals surface area (Å²) in [6.07, 6.45) is 0.241. The van der Waals surface area contributed by atoms with Gasteiger partial charge in [0.05, 0.1) is 18.4 Å². The van der Waals surface area contributed by atoms with Gasteiger partial charge in [-0.3, -0.25) is 9.59 Å². The summed E-state index contributed by atoms with van der Waals surface area (Å²) in [6, 6.07) is 11.2. The molecule has 0 bridgehead atoms. The number of amides is 1. The second-order valence-electron chi connectivity index (χ2n) is 5.52. The number of anilines is 1. The van der Waals surface area contributed by atoms with E-state index in [2.05, 4.69) is 5.32 Å². The van der Waals surface area contributed by atoms with Crippen LogP contribution in [0.4, 0.5) is 5.69 Å². The van der Waals surface area contributed by atoms with Gasteiger partial charge in [0.15, 0.2) is 5.78 Å². The fourth-order valence-electron chi connectivity index (χ4n) is 2.70. The Morgan fingerprint density at radius 1 is 1.17 bits per heavy atom. The molecule has 2 aromatic rings. The first kappa shape index (κ1) is 15.7. The normalized spacial score (nSPS) is 16.3. The molecule has 6 heteroatoms. The number of hydrogen-bond acceptors (Lipinski definition) is 4. The molecule has 2 aromatic carbocycles. The van der Waals surface area contributed by atoms with E-state index in [1.807, 2.05) is 0 Å². The van der Waals surface area contributed by atoms with Crippen molar-refractivity contribution in [1.82, 2.24) is 0 Å². The van der Waals surface area contributed by atoms with Gasteiger partial charge in [-0.25, -0.2) is 4.79 Å². The molecule has 0 saturated heterocycles. The molecule has 0 aromatic heterocycles. The maximum absolute atomic E-state index is 12.7. The van der Waals surface area contributed by atoms with Crippen LogP contribution in [0, 0.1) is 5.92 Å². The summed E-state index contributed by atoms with van der Waals surface area (Å²) in [5.41, 5.74) is 1.41. The molecule has 1 unspecified atom stereocenters. The number of methoxy groups -OCH3 is 1. The third kappa shape index (κ3) is 2.86. The molecule has 1 heterocycles. The van der Waals surface area contributed by atoms with E-state index in [-0.39, 0.29) is 29.2 Å². The van der Waals surface area contributed by atoms with E-state index in [9.17, 15) is 14.4 Å². The van der Waals surface area contributed by atoms with E-state index >= 15 is 0 Å². The SMILES string of the molecule is COc1ccc(CC2C(=O)Nc3ccc(C(=O)O)cc3C2=O)cc1. The van der Waals surface area contributed by atoms with Crippen LogP contribution in [-0.2, 0) is 11.2 Å². The number of carbonyl (C=O) groups is 3. The van der Waals surface area contributed by atoms with E-state index in [0.29, 0.717) is 11.4 Å². The predicted molar refractivity (Wildman–Crippen MR) is 86.5 cm³/mol. The second kappa shape index (κ2) is 6.16. The van der Waals surface area contributed by atoms with Gasteiger partial charge in [-0.1, -0.05) is 12.1 Å². The van der Waals surface area contributed by atoms with Gasteiger partial charge in [-0.2, -0.15) is 0 Å². The quantitative estimate of drug-likeness (QED) is 0.842. The van der Waals surface area contributed by atoms with Gasteiger partial charge in [0, 0.05) is 5.56 Å². The smallest absolute Gasteiger partial charge is 0.335 e. The Balaban J connectivity index is 1.89. The van der Waals surface area contributed by atoms with E-state index < -0.39 is 11.9 Å². The third-order valence-corrected chi connectivity index (χ3v) is 4.02. The standard InChI is InChI=1S/C18H15NO5/c1-24-12-5-2-10(3-6-12)8-14-16(20)13-9-11(18(22)23)4-7-15(13)19-17(14)21/h2-7,9,14H,8H2,1H3,(H,19,21)(H,22,23). The average Bonchev–Trinajstić information content (AvgIpc) is 2.58. The van der Waals surface area contributed by atoms with Gasteiger partial charge >= 0.3 is 5.97 Å². The fraction of sp³-hybridized carbons (Fsp3) is 0.167. The zero-order valence-corrected chi connectivity index (χ0v) is 12.9. The van der Waals surface area contributed by atoms with Crippen LogP contribution >= 0.6 is 0 Å². The molecule has 0 saturated carbocycles. The zero-order chi connectivity index (χ0) is 17.3. The first-order chi connectivity index (χ1) is 11.5. The molecule has 122 valence electrons. The highest BCUT2D eigenvalue weighted by Gasteiger charge is 2.34. The number of nitrogens with one attached hydrogen (secondary N) is 1. The Hall–Kier alpha value is -3.15. The van der Waals surface area contributed by atoms with E-state index in [4.69, 9.17) is 9.84 Å². The molecule has 3 rings (SSSR count). The number of ketones is 1. The topological polar surface area (TPSA) is 92.7 Å². The van der Waals surface area contributed by atoms with Gasteiger partial charge < -0.3 is 15.2 Å². The highest BCUT2D eigenvalue weighted by atomic mass is 16.5. The lowest BCUT2D eigenvalue weighted by atomic mass is 9.86. The van der Waals surface area contributed by atoms with Crippen molar-refractivity contribution in [3.8, 4) is 5.75 Å². The average molecular weight is 325 g/mol. The molecule has 6 nitrogen and oxygen atoms in total. The molecule has 24 heavy (non-hydrogen) atoms. The number of carboxylic acid groups (broad SMARTS) is 1. The molecule has 2 N–H and O–H groups in total. The molecule has 1 aliphatic rings. The minimum absolute atomic E-state index is 0.0152. The summed E-state index contributed by atoms with van der Waals surface area (Å²) < 4.78 is 5.08. The summed E-state index contributed by atoms with van der Waals surface area (Å²) in [6.45, 7) is 0. The Kier molecular flexibility index (Phi) is 4.04. The maximum Gasteiger partial charge on any atom is 0.335 e. The number of hydrogen-bond donors (Lipinski definition) is 2. The molecule has 1 atom stereocenters.